The maximum atomic E-state index is 11.7. The van der Waals surface area contributed by atoms with Crippen molar-refractivity contribution in [2.45, 2.75) is 26.7 Å². The Morgan fingerprint density at radius 3 is 2.35 bits per heavy atom. The van der Waals surface area contributed by atoms with E-state index < -0.39 is 0 Å². The predicted molar refractivity (Wildman–Crippen MR) is 79.2 cm³/mol. The first-order chi connectivity index (χ1) is 9.74. The molecule has 0 amide bonds. The summed E-state index contributed by atoms with van der Waals surface area (Å²) in [5, 5.41) is 0. The highest BCUT2D eigenvalue weighted by Gasteiger charge is 2.25. The summed E-state index contributed by atoms with van der Waals surface area (Å²) in [6.45, 7) is 6.79. The van der Waals surface area contributed by atoms with Gasteiger partial charge in [-0.3, -0.25) is 4.79 Å². The number of benzene rings is 1. The van der Waals surface area contributed by atoms with Gasteiger partial charge in [-0.1, -0.05) is 0 Å². The zero-order valence-electron chi connectivity index (χ0n) is 12.3. The van der Waals surface area contributed by atoms with Gasteiger partial charge in [0, 0.05) is 18.8 Å². The van der Waals surface area contributed by atoms with Gasteiger partial charge < -0.3 is 14.4 Å². The molecule has 1 saturated heterocycles. The molecule has 0 saturated carbocycles. The van der Waals surface area contributed by atoms with E-state index in [2.05, 4.69) is 17.0 Å². The van der Waals surface area contributed by atoms with Crippen LogP contribution in [0.5, 0.6) is 5.75 Å². The van der Waals surface area contributed by atoms with Gasteiger partial charge in [0.05, 0.1) is 19.1 Å². The lowest BCUT2D eigenvalue weighted by atomic mass is 9.96. The number of carbonyl (C=O) groups is 1. The minimum Gasteiger partial charge on any atom is -0.494 e. The highest BCUT2D eigenvalue weighted by atomic mass is 16.5. The highest BCUT2D eigenvalue weighted by Crippen LogP contribution is 2.25. The van der Waals surface area contributed by atoms with Crippen LogP contribution in [-0.4, -0.2) is 32.3 Å². The van der Waals surface area contributed by atoms with E-state index in [1.807, 2.05) is 26.0 Å². The van der Waals surface area contributed by atoms with E-state index in [0.29, 0.717) is 13.2 Å². The average molecular weight is 277 g/mol. The van der Waals surface area contributed by atoms with E-state index in [1.165, 1.54) is 5.69 Å². The molecule has 1 aliphatic heterocycles. The van der Waals surface area contributed by atoms with Gasteiger partial charge in [0.15, 0.2) is 0 Å². The van der Waals surface area contributed by atoms with Gasteiger partial charge in [-0.05, 0) is 51.0 Å². The molecular weight excluding hydrogens is 254 g/mol. The molecule has 4 nitrogen and oxygen atoms in total. The van der Waals surface area contributed by atoms with Gasteiger partial charge >= 0.3 is 5.97 Å². The van der Waals surface area contributed by atoms with E-state index >= 15 is 0 Å². The Hall–Kier alpha value is -1.71. The fourth-order valence-electron chi connectivity index (χ4n) is 2.55. The van der Waals surface area contributed by atoms with Gasteiger partial charge in [-0.25, -0.2) is 0 Å². The molecule has 1 fully saturated rings. The second-order valence-corrected chi connectivity index (χ2v) is 4.94. The first-order valence-electron chi connectivity index (χ1n) is 7.39. The van der Waals surface area contributed by atoms with E-state index in [0.717, 1.165) is 31.7 Å². The molecular formula is C16H23NO3. The lowest BCUT2D eigenvalue weighted by molar-refractivity contribution is -0.148. The highest BCUT2D eigenvalue weighted by molar-refractivity contribution is 5.72. The normalized spacial score (nSPS) is 16.0. The number of piperidine rings is 1. The third-order valence-electron chi connectivity index (χ3n) is 3.63. The molecule has 0 unspecified atom stereocenters. The zero-order valence-corrected chi connectivity index (χ0v) is 12.3. The van der Waals surface area contributed by atoms with Crippen molar-refractivity contribution in [2.75, 3.05) is 31.2 Å². The van der Waals surface area contributed by atoms with Crippen LogP contribution in [0.2, 0.25) is 0 Å². The van der Waals surface area contributed by atoms with Crippen LogP contribution >= 0.6 is 0 Å². The number of hydrogen-bond donors (Lipinski definition) is 0. The van der Waals surface area contributed by atoms with Gasteiger partial charge in [0.2, 0.25) is 0 Å². The van der Waals surface area contributed by atoms with Crippen LogP contribution < -0.4 is 9.64 Å². The summed E-state index contributed by atoms with van der Waals surface area (Å²) < 4.78 is 10.5. The molecule has 1 heterocycles. The molecule has 0 aromatic heterocycles. The topological polar surface area (TPSA) is 38.8 Å². The maximum Gasteiger partial charge on any atom is 0.309 e. The summed E-state index contributed by atoms with van der Waals surface area (Å²) in [6, 6.07) is 8.15. The molecule has 4 heteroatoms. The predicted octanol–water partition coefficient (Wildman–Crippen LogP) is 2.86. The summed E-state index contributed by atoms with van der Waals surface area (Å²) in [6.07, 6.45) is 1.73. The van der Waals surface area contributed by atoms with Crippen LogP contribution in [0.4, 0.5) is 5.69 Å². The Labute approximate surface area is 120 Å². The molecule has 0 aliphatic carbocycles. The van der Waals surface area contributed by atoms with E-state index in [4.69, 9.17) is 9.47 Å². The van der Waals surface area contributed by atoms with Crippen molar-refractivity contribution in [3.63, 3.8) is 0 Å². The van der Waals surface area contributed by atoms with Crippen LogP contribution in [0.1, 0.15) is 26.7 Å². The Morgan fingerprint density at radius 1 is 1.15 bits per heavy atom. The monoisotopic (exact) mass is 277 g/mol. The molecule has 0 atom stereocenters. The number of rotatable bonds is 5. The molecule has 2 rings (SSSR count). The average Bonchev–Trinajstić information content (AvgIpc) is 2.49. The third kappa shape index (κ3) is 3.65. The fourth-order valence-corrected chi connectivity index (χ4v) is 2.55. The molecule has 0 radical (unpaired) electrons. The van der Waals surface area contributed by atoms with Crippen LogP contribution in [-0.2, 0) is 9.53 Å². The third-order valence-corrected chi connectivity index (χ3v) is 3.63. The maximum absolute atomic E-state index is 11.7. The SMILES string of the molecule is CCOC(=O)C1CCN(c2ccc(OCC)cc2)CC1. The lowest BCUT2D eigenvalue weighted by Crippen LogP contribution is -2.36. The number of nitrogens with zero attached hydrogens (tertiary/aromatic N) is 1. The standard InChI is InChI=1S/C16H23NO3/c1-3-19-15-7-5-14(6-8-15)17-11-9-13(10-12-17)16(18)20-4-2/h5-8,13H,3-4,9-12H2,1-2H3. The Morgan fingerprint density at radius 2 is 1.80 bits per heavy atom. The Balaban J connectivity index is 1.88. The Kier molecular flexibility index (Phi) is 5.27. The van der Waals surface area contributed by atoms with Gasteiger partial charge in [0.1, 0.15) is 5.75 Å². The molecule has 1 aromatic rings. The molecule has 110 valence electrons. The largest absolute Gasteiger partial charge is 0.494 e. The van der Waals surface area contributed by atoms with Crippen molar-refractivity contribution in [3.8, 4) is 5.75 Å². The number of esters is 1. The summed E-state index contributed by atoms with van der Waals surface area (Å²) in [5.74, 6) is 0.922. The lowest BCUT2D eigenvalue weighted by Gasteiger charge is -2.32. The van der Waals surface area contributed by atoms with Gasteiger partial charge in [0.25, 0.3) is 0 Å². The van der Waals surface area contributed by atoms with Crippen molar-refractivity contribution in [1.29, 1.82) is 0 Å². The molecule has 0 N–H and O–H groups in total. The second kappa shape index (κ2) is 7.17. The minimum absolute atomic E-state index is 0.0427. The van der Waals surface area contributed by atoms with Crippen molar-refractivity contribution >= 4 is 11.7 Å². The summed E-state index contributed by atoms with van der Waals surface area (Å²) in [5.41, 5.74) is 1.19. The number of anilines is 1. The van der Waals surface area contributed by atoms with Crippen LogP contribution in [0.15, 0.2) is 24.3 Å². The van der Waals surface area contributed by atoms with E-state index in [-0.39, 0.29) is 11.9 Å². The second-order valence-electron chi connectivity index (χ2n) is 4.94. The quantitative estimate of drug-likeness (QED) is 0.776. The minimum atomic E-state index is -0.0427. The molecule has 1 aliphatic rings. The molecule has 0 spiro atoms. The first kappa shape index (κ1) is 14.7. The number of hydrogen-bond acceptors (Lipinski definition) is 4. The zero-order chi connectivity index (χ0) is 14.4. The molecule has 1 aromatic carbocycles. The smallest absolute Gasteiger partial charge is 0.309 e. The Bertz CT molecular complexity index is 422. The summed E-state index contributed by atoms with van der Waals surface area (Å²) in [4.78, 5) is 14.0. The van der Waals surface area contributed by atoms with Crippen molar-refractivity contribution < 1.29 is 14.3 Å². The molecule has 0 bridgehead atoms. The first-order valence-corrected chi connectivity index (χ1v) is 7.39. The summed E-state index contributed by atoms with van der Waals surface area (Å²) >= 11 is 0. The van der Waals surface area contributed by atoms with Gasteiger partial charge in [-0.2, -0.15) is 0 Å². The molecule has 20 heavy (non-hydrogen) atoms. The van der Waals surface area contributed by atoms with E-state index in [1.54, 1.807) is 0 Å². The van der Waals surface area contributed by atoms with Crippen molar-refractivity contribution in [2.24, 2.45) is 5.92 Å². The fraction of sp³-hybridized carbons (Fsp3) is 0.562. The summed E-state index contributed by atoms with van der Waals surface area (Å²) in [7, 11) is 0. The van der Waals surface area contributed by atoms with Crippen LogP contribution in [0, 0.1) is 5.92 Å². The number of carbonyl (C=O) groups excluding carboxylic acids is 1. The van der Waals surface area contributed by atoms with Crippen molar-refractivity contribution in [1.82, 2.24) is 0 Å². The van der Waals surface area contributed by atoms with Crippen molar-refractivity contribution in [3.05, 3.63) is 24.3 Å². The van der Waals surface area contributed by atoms with E-state index in [9.17, 15) is 4.79 Å². The van der Waals surface area contributed by atoms with Crippen LogP contribution in [0.3, 0.4) is 0 Å². The number of ether oxygens (including phenoxy) is 2. The van der Waals surface area contributed by atoms with Gasteiger partial charge in [-0.15, -0.1) is 0 Å². The van der Waals surface area contributed by atoms with Crippen LogP contribution in [0.25, 0.3) is 0 Å².